The van der Waals surface area contributed by atoms with Crippen LogP contribution in [0.4, 0.5) is 45.5 Å². The Hall–Kier alpha value is -8.23. The van der Waals surface area contributed by atoms with E-state index in [1.165, 1.54) is 36.4 Å². The van der Waals surface area contributed by atoms with Crippen LogP contribution in [-0.4, -0.2) is 82.2 Å². The van der Waals surface area contributed by atoms with Gasteiger partial charge < -0.3 is 31.9 Å². The maximum atomic E-state index is 12.0. The van der Waals surface area contributed by atoms with Gasteiger partial charge in [-0.15, -0.1) is 20.5 Å². The smallest absolute Gasteiger partial charge is 0.506 e. The van der Waals surface area contributed by atoms with E-state index in [-0.39, 0.29) is 68.2 Å². The number of azo groups is 2. The predicted molar refractivity (Wildman–Crippen MR) is 258 cm³/mol. The number of nitrogens with two attached hydrogens (primary N) is 2. The van der Waals surface area contributed by atoms with Crippen LogP contribution in [0.2, 0.25) is 0 Å². The number of nitrogens with zero attached hydrogens (tertiary/aromatic N) is 6. The molecule has 8 rings (SSSR count). The van der Waals surface area contributed by atoms with Crippen LogP contribution < -0.4 is 11.5 Å². The van der Waals surface area contributed by atoms with E-state index in [9.17, 15) is 92.5 Å². The molecule has 0 saturated heterocycles. The number of phenols is 4. The average molecular weight is 1130 g/mol. The van der Waals surface area contributed by atoms with Gasteiger partial charge in [0.1, 0.15) is 53.8 Å². The van der Waals surface area contributed by atoms with Crippen molar-refractivity contribution < 1.29 is 107 Å². The van der Waals surface area contributed by atoms with Crippen LogP contribution >= 0.6 is 0 Å². The number of benzene rings is 8. The number of non-ortho nitro benzene ring substituents is 2. The van der Waals surface area contributed by atoms with Crippen molar-refractivity contribution in [2.75, 3.05) is 11.5 Å². The molecular weight excluding hydrogens is 1090 g/mol. The fourth-order valence-electron chi connectivity index (χ4n) is 7.09. The van der Waals surface area contributed by atoms with Gasteiger partial charge >= 0.3 is 7.13 Å². The molecule has 28 nitrogen and oxygen atoms in total. The summed E-state index contributed by atoms with van der Waals surface area (Å²) in [5, 5.41) is 78.5. The Balaban J connectivity index is 0.000000724. The minimum atomic E-state index is -4.96. The van der Waals surface area contributed by atoms with Crippen LogP contribution in [0.5, 0.6) is 23.0 Å². The van der Waals surface area contributed by atoms with E-state index < -0.39 is 138 Å². The summed E-state index contributed by atoms with van der Waals surface area (Å²) < 4.78 is 134. The predicted octanol–water partition coefficient (Wildman–Crippen LogP) is 8.17. The largest absolute Gasteiger partial charge is 1.00 e. The maximum absolute atomic E-state index is 12.0. The molecule has 0 saturated carbocycles. The first kappa shape index (κ1) is 54.1. The molecule has 0 aliphatic heterocycles. The van der Waals surface area contributed by atoms with Crippen LogP contribution in [0.3, 0.4) is 0 Å². The average Bonchev–Trinajstić information content (AvgIpc) is 3.27. The summed E-state index contributed by atoms with van der Waals surface area (Å²) in [7, 11) is -19.8. The minimum absolute atomic E-state index is 0. The normalized spacial score (nSPS) is 12.3. The third kappa shape index (κ3) is 10.8. The van der Waals surface area contributed by atoms with Gasteiger partial charge in [-0.05, 0) is 71.4 Å². The summed E-state index contributed by atoms with van der Waals surface area (Å²) in [6.07, 6.45) is 0. The Morgan fingerprint density at radius 1 is 0.411 bits per heavy atom. The summed E-state index contributed by atoms with van der Waals surface area (Å²) in [6, 6.07) is 17.0. The van der Waals surface area contributed by atoms with E-state index in [1.807, 2.05) is 0 Å². The molecule has 0 aromatic heterocycles. The molecule has 0 atom stereocenters. The number of hydrogen-bond donors (Lipinski definition) is 10. The van der Waals surface area contributed by atoms with Crippen molar-refractivity contribution in [1.29, 1.82) is 0 Å². The van der Waals surface area contributed by atoms with Crippen molar-refractivity contribution in [2.45, 2.75) is 19.6 Å². The van der Waals surface area contributed by atoms with Crippen molar-refractivity contribution in [3.63, 3.8) is 0 Å². The fourth-order valence-corrected chi connectivity index (χ4v) is 9.82. The second-order valence-electron chi connectivity index (χ2n) is 14.9. The van der Waals surface area contributed by atoms with Gasteiger partial charge in [0.2, 0.25) is 0 Å². The van der Waals surface area contributed by atoms with Gasteiger partial charge in [-0.3, -0.25) is 38.4 Å². The number of aromatic hydroxyl groups is 4. The zero-order chi connectivity index (χ0) is 53.2. The summed E-state index contributed by atoms with van der Waals surface area (Å²) in [6.45, 7) is 0. The number of nitro benzene ring substituents is 2. The van der Waals surface area contributed by atoms with Crippen LogP contribution in [-0.2, 0) is 57.8 Å². The summed E-state index contributed by atoms with van der Waals surface area (Å²) in [5.41, 5.74) is 8.36. The van der Waals surface area contributed by atoms with Crippen LogP contribution in [0.15, 0.2) is 137 Å². The maximum Gasteiger partial charge on any atom is 1.00 e. The van der Waals surface area contributed by atoms with Crippen molar-refractivity contribution in [2.24, 2.45) is 20.5 Å². The minimum Gasteiger partial charge on any atom is -0.506 e. The van der Waals surface area contributed by atoms with E-state index in [0.717, 1.165) is 48.5 Å². The SMILES string of the molecule is Nc1ccc2c(O)c(N=Nc3c(O)cc(S(=O)(=O)O)c4cc([N+](=O)[O-])ccc34)c(S(=O)(=O)O)cc2c1.Nc1ccc2c(O)c(N=Nc3c(O)cc(S(=O)(=O)O)c4cc([N+](=O)[O-])ccc34)c(S(=O)(=O)O)cc2c1.[Cr].[H+].[H+].[H+].[H+].[H+]. The molecule has 33 heteroatoms. The molecular formula is C40H33CrN8O20S4+5. The van der Waals surface area contributed by atoms with Crippen molar-refractivity contribution in [3.05, 3.63) is 117 Å². The van der Waals surface area contributed by atoms with Gasteiger partial charge in [-0.25, -0.2) is 0 Å². The Bertz CT molecular complexity index is 4010. The number of phenolic OH excluding ortho intramolecular Hbond substituents is 4. The standard InChI is InChI=1S/2C20H14N4O10S2.Cr/c2*21-10-1-3-12-9(5-10)6-17(36(32,33)34)19(20(12)26)23-22-18-13-4-2-11(24(27)28)7-14(13)16(8-15(18)25)35(29,30)31;/h2*1-8,25-26H,21H2,(H,29,30,31)(H,32,33,34);/p+5. The molecule has 12 N–H and O–H groups in total. The Morgan fingerprint density at radius 3 is 1.01 bits per heavy atom. The first-order valence-corrected chi connectivity index (χ1v) is 24.8. The van der Waals surface area contributed by atoms with Crippen LogP contribution in [0.1, 0.15) is 7.13 Å². The molecule has 0 radical (unpaired) electrons. The molecule has 0 aliphatic carbocycles. The van der Waals surface area contributed by atoms with E-state index in [4.69, 9.17) is 11.5 Å². The van der Waals surface area contributed by atoms with E-state index in [1.54, 1.807) is 0 Å². The van der Waals surface area contributed by atoms with E-state index in [2.05, 4.69) is 20.5 Å². The summed E-state index contributed by atoms with van der Waals surface area (Å²) >= 11 is 0. The molecule has 0 heterocycles. The van der Waals surface area contributed by atoms with E-state index in [0.29, 0.717) is 12.1 Å². The van der Waals surface area contributed by atoms with Crippen LogP contribution in [0.25, 0.3) is 43.1 Å². The quantitative estimate of drug-likeness (QED) is 0.0203. The van der Waals surface area contributed by atoms with Gasteiger partial charge in [-0.1, -0.05) is 0 Å². The number of fused-ring (bicyclic) bond motifs is 4. The zero-order valence-electron chi connectivity index (χ0n) is 40.6. The first-order valence-electron chi connectivity index (χ1n) is 19.1. The number of nitro groups is 2. The van der Waals surface area contributed by atoms with Crippen LogP contribution in [0, 0.1) is 20.2 Å². The van der Waals surface area contributed by atoms with Gasteiger partial charge in [0, 0.05) is 97.5 Å². The number of hydrogen-bond acceptors (Lipinski definition) is 22. The number of anilines is 2. The molecule has 0 amide bonds. The number of rotatable bonds is 10. The third-order valence-corrected chi connectivity index (χ3v) is 13.8. The van der Waals surface area contributed by atoms with Gasteiger partial charge in [-0.2, -0.15) is 33.7 Å². The molecule has 378 valence electrons. The monoisotopic (exact) mass is 1130 g/mol. The van der Waals surface area contributed by atoms with Crippen molar-refractivity contribution in [3.8, 4) is 23.0 Å². The van der Waals surface area contributed by atoms with Crippen molar-refractivity contribution in [1.82, 2.24) is 0 Å². The Kier molecular flexibility index (Phi) is 14.4. The van der Waals surface area contributed by atoms with Crippen molar-refractivity contribution >= 4 is 129 Å². The summed E-state index contributed by atoms with van der Waals surface area (Å²) in [4.78, 5) is 17.2. The van der Waals surface area contributed by atoms with Gasteiger partial charge in [0.25, 0.3) is 51.8 Å². The first-order chi connectivity index (χ1) is 33.4. The third-order valence-electron chi connectivity index (χ3n) is 10.3. The van der Waals surface area contributed by atoms with Gasteiger partial charge in [0.05, 0.1) is 9.85 Å². The Labute approximate surface area is 425 Å². The van der Waals surface area contributed by atoms with Gasteiger partial charge in [0.15, 0.2) is 11.5 Å². The molecule has 0 unspecified atom stereocenters. The second kappa shape index (κ2) is 19.4. The molecule has 0 fully saturated rings. The topological polar surface area (TPSA) is 486 Å². The molecule has 8 aromatic rings. The zero-order valence-corrected chi connectivity index (χ0v) is 40.1. The molecule has 73 heavy (non-hydrogen) atoms. The molecule has 0 aliphatic rings. The molecule has 8 aromatic carbocycles. The van der Waals surface area contributed by atoms with E-state index >= 15 is 0 Å². The Morgan fingerprint density at radius 2 is 0.712 bits per heavy atom. The summed E-state index contributed by atoms with van der Waals surface area (Å²) in [5.74, 6) is -3.13. The molecule has 0 spiro atoms. The number of nitrogen functional groups attached to an aromatic ring is 2. The molecule has 0 bridgehead atoms. The second-order valence-corrected chi connectivity index (χ2v) is 20.4. The fraction of sp³-hybridized carbons (Fsp3) is 0.